The quantitative estimate of drug-likeness (QED) is 0.891. The third-order valence-corrected chi connectivity index (χ3v) is 3.42. The molecule has 0 heterocycles. The first-order valence-corrected chi connectivity index (χ1v) is 7.12. The van der Waals surface area contributed by atoms with Crippen molar-refractivity contribution in [3.8, 4) is 0 Å². The lowest BCUT2D eigenvalue weighted by atomic mass is 10.1. The summed E-state index contributed by atoms with van der Waals surface area (Å²) in [6.07, 6.45) is 0. The molecule has 0 radical (unpaired) electrons. The zero-order valence-corrected chi connectivity index (χ0v) is 12.9. The van der Waals surface area contributed by atoms with Gasteiger partial charge < -0.3 is 10.4 Å². The van der Waals surface area contributed by atoms with Gasteiger partial charge in [-0.2, -0.15) is 0 Å². The molecule has 1 atom stereocenters. The first-order valence-electron chi connectivity index (χ1n) is 6.33. The molecule has 2 aromatic carbocycles. The molecule has 0 saturated heterocycles. The average molecular weight is 348 g/mol. The first kappa shape index (κ1) is 15.3. The van der Waals surface area contributed by atoms with Gasteiger partial charge in [0.15, 0.2) is 6.04 Å². The second-order valence-electron chi connectivity index (χ2n) is 4.67. The van der Waals surface area contributed by atoms with E-state index in [0.717, 1.165) is 10.0 Å². The normalized spacial score (nSPS) is 11.7. The molecule has 0 unspecified atom stereocenters. The summed E-state index contributed by atoms with van der Waals surface area (Å²) in [4.78, 5) is 23.6. The average Bonchev–Trinajstić information content (AvgIpc) is 2.44. The maximum atomic E-state index is 12.2. The number of aliphatic carboxylic acids is 1. The van der Waals surface area contributed by atoms with Crippen LogP contribution in [0, 0.1) is 6.92 Å². The van der Waals surface area contributed by atoms with Gasteiger partial charge in [-0.05, 0) is 36.2 Å². The van der Waals surface area contributed by atoms with Crippen LogP contribution in [0.15, 0.2) is 53.0 Å². The zero-order chi connectivity index (χ0) is 15.4. The summed E-state index contributed by atoms with van der Waals surface area (Å²) in [7, 11) is 0. The number of aryl methyl sites for hydroxylation is 1. The van der Waals surface area contributed by atoms with Crippen LogP contribution in [0.4, 0.5) is 0 Å². The van der Waals surface area contributed by atoms with Crippen molar-refractivity contribution in [3.63, 3.8) is 0 Å². The predicted octanol–water partition coefficient (Wildman–Crippen LogP) is 3.31. The smallest absolute Gasteiger partial charge is 0.330 e. The van der Waals surface area contributed by atoms with E-state index in [1.807, 2.05) is 13.0 Å². The molecule has 21 heavy (non-hydrogen) atoms. The molecule has 0 aromatic heterocycles. The van der Waals surface area contributed by atoms with Gasteiger partial charge in [0.1, 0.15) is 0 Å². The van der Waals surface area contributed by atoms with Gasteiger partial charge in [-0.1, -0.05) is 46.3 Å². The standard InChI is InChI=1S/C16H14BrNO3/c1-10-7-12(9-13(17)8-10)15(19)18-14(16(20)21)11-5-3-2-4-6-11/h2-9,14H,1H3,(H,18,19)(H,20,21)/t14-/m0/s1. The van der Waals surface area contributed by atoms with Crippen molar-refractivity contribution >= 4 is 27.8 Å². The lowest BCUT2D eigenvalue weighted by molar-refractivity contribution is -0.139. The highest BCUT2D eigenvalue weighted by molar-refractivity contribution is 9.10. The molecular weight excluding hydrogens is 334 g/mol. The van der Waals surface area contributed by atoms with Crippen molar-refractivity contribution in [3.05, 3.63) is 69.7 Å². The molecule has 0 spiro atoms. The van der Waals surface area contributed by atoms with Gasteiger partial charge in [0.2, 0.25) is 0 Å². The summed E-state index contributed by atoms with van der Waals surface area (Å²) < 4.78 is 0.777. The molecule has 2 N–H and O–H groups in total. The highest BCUT2D eigenvalue weighted by Crippen LogP contribution is 2.17. The maximum Gasteiger partial charge on any atom is 0.330 e. The van der Waals surface area contributed by atoms with Crippen LogP contribution < -0.4 is 5.32 Å². The third-order valence-electron chi connectivity index (χ3n) is 2.96. The Labute approximate surface area is 130 Å². The molecule has 0 saturated carbocycles. The lowest BCUT2D eigenvalue weighted by Gasteiger charge is -2.15. The topological polar surface area (TPSA) is 66.4 Å². The van der Waals surface area contributed by atoms with Crippen molar-refractivity contribution in [2.75, 3.05) is 0 Å². The summed E-state index contributed by atoms with van der Waals surface area (Å²) >= 11 is 3.33. The van der Waals surface area contributed by atoms with Crippen LogP contribution >= 0.6 is 15.9 Å². The summed E-state index contributed by atoms with van der Waals surface area (Å²) in [5, 5.41) is 11.9. The number of carbonyl (C=O) groups excluding carboxylic acids is 1. The van der Waals surface area contributed by atoms with Crippen LogP contribution in [0.2, 0.25) is 0 Å². The minimum atomic E-state index is -1.10. The van der Waals surface area contributed by atoms with Crippen molar-refractivity contribution in [2.45, 2.75) is 13.0 Å². The highest BCUT2D eigenvalue weighted by Gasteiger charge is 2.22. The van der Waals surface area contributed by atoms with Gasteiger partial charge in [-0.3, -0.25) is 4.79 Å². The number of halogens is 1. The Balaban J connectivity index is 2.25. The lowest BCUT2D eigenvalue weighted by Crippen LogP contribution is -2.33. The van der Waals surface area contributed by atoms with E-state index in [1.54, 1.807) is 42.5 Å². The van der Waals surface area contributed by atoms with Gasteiger partial charge in [-0.15, -0.1) is 0 Å². The fraction of sp³-hybridized carbons (Fsp3) is 0.125. The van der Waals surface area contributed by atoms with E-state index in [-0.39, 0.29) is 0 Å². The largest absolute Gasteiger partial charge is 0.479 e. The Morgan fingerprint density at radius 1 is 1.14 bits per heavy atom. The Hall–Kier alpha value is -2.14. The number of rotatable bonds is 4. The number of carbonyl (C=O) groups is 2. The van der Waals surface area contributed by atoms with Crippen LogP contribution in [-0.4, -0.2) is 17.0 Å². The van der Waals surface area contributed by atoms with Gasteiger partial charge in [-0.25, -0.2) is 4.79 Å². The molecule has 108 valence electrons. The molecule has 5 heteroatoms. The van der Waals surface area contributed by atoms with Crippen LogP contribution in [0.5, 0.6) is 0 Å². The predicted molar refractivity (Wildman–Crippen MR) is 83.2 cm³/mol. The molecule has 2 aromatic rings. The van der Waals surface area contributed by atoms with Gasteiger partial charge in [0, 0.05) is 10.0 Å². The second-order valence-corrected chi connectivity index (χ2v) is 5.59. The Morgan fingerprint density at radius 2 is 1.81 bits per heavy atom. The van der Waals surface area contributed by atoms with Gasteiger partial charge in [0.25, 0.3) is 5.91 Å². The number of carboxylic acids is 1. The van der Waals surface area contributed by atoms with Crippen molar-refractivity contribution < 1.29 is 14.7 Å². The second kappa shape index (κ2) is 6.54. The number of benzene rings is 2. The first-order chi connectivity index (χ1) is 9.97. The third kappa shape index (κ3) is 3.92. The van der Waals surface area contributed by atoms with E-state index < -0.39 is 17.9 Å². The summed E-state index contributed by atoms with van der Waals surface area (Å²) in [5.74, 6) is -1.52. The van der Waals surface area contributed by atoms with Crippen LogP contribution in [0.3, 0.4) is 0 Å². The molecule has 4 nitrogen and oxygen atoms in total. The minimum Gasteiger partial charge on any atom is -0.479 e. The molecule has 0 fully saturated rings. The fourth-order valence-electron chi connectivity index (χ4n) is 2.01. The SMILES string of the molecule is Cc1cc(Br)cc(C(=O)N[C@H](C(=O)O)c2ccccc2)c1. The summed E-state index contributed by atoms with van der Waals surface area (Å²) in [6, 6.07) is 12.8. The van der Waals surface area contributed by atoms with Crippen molar-refractivity contribution in [1.82, 2.24) is 5.32 Å². The Kier molecular flexibility index (Phi) is 4.75. The molecular formula is C16H14BrNO3. The zero-order valence-electron chi connectivity index (χ0n) is 11.3. The molecule has 0 aliphatic carbocycles. The number of hydrogen-bond acceptors (Lipinski definition) is 2. The maximum absolute atomic E-state index is 12.2. The van der Waals surface area contributed by atoms with E-state index in [0.29, 0.717) is 11.1 Å². The van der Waals surface area contributed by atoms with Crippen molar-refractivity contribution in [1.29, 1.82) is 0 Å². The molecule has 2 rings (SSSR count). The van der Waals surface area contributed by atoms with Crippen molar-refractivity contribution in [2.24, 2.45) is 0 Å². The van der Waals surface area contributed by atoms with Crippen LogP contribution in [-0.2, 0) is 4.79 Å². The molecule has 1 amide bonds. The van der Waals surface area contributed by atoms with E-state index >= 15 is 0 Å². The fourth-order valence-corrected chi connectivity index (χ4v) is 2.62. The van der Waals surface area contributed by atoms with Gasteiger partial charge in [0.05, 0.1) is 0 Å². The Bertz CT molecular complexity index is 650. The molecule has 0 aliphatic heterocycles. The monoisotopic (exact) mass is 347 g/mol. The summed E-state index contributed by atoms with van der Waals surface area (Å²) in [6.45, 7) is 1.87. The van der Waals surface area contributed by atoms with Crippen LogP contribution in [0.1, 0.15) is 27.5 Å². The van der Waals surface area contributed by atoms with E-state index in [2.05, 4.69) is 21.2 Å². The summed E-state index contributed by atoms with van der Waals surface area (Å²) in [5.41, 5.74) is 1.87. The number of carboxylic acid groups (broad SMARTS) is 1. The number of hydrogen-bond donors (Lipinski definition) is 2. The van der Waals surface area contributed by atoms with E-state index in [4.69, 9.17) is 0 Å². The molecule has 0 bridgehead atoms. The Morgan fingerprint density at radius 3 is 2.38 bits per heavy atom. The highest BCUT2D eigenvalue weighted by atomic mass is 79.9. The van der Waals surface area contributed by atoms with E-state index in [1.165, 1.54) is 0 Å². The van der Waals surface area contributed by atoms with Gasteiger partial charge >= 0.3 is 5.97 Å². The number of nitrogens with one attached hydrogen (secondary N) is 1. The number of amides is 1. The van der Waals surface area contributed by atoms with Crippen LogP contribution in [0.25, 0.3) is 0 Å². The minimum absolute atomic E-state index is 0.420. The molecule has 0 aliphatic rings. The van der Waals surface area contributed by atoms with E-state index in [9.17, 15) is 14.7 Å².